The van der Waals surface area contributed by atoms with Gasteiger partial charge in [-0.1, -0.05) is 0 Å². The summed E-state index contributed by atoms with van der Waals surface area (Å²) in [4.78, 5) is 21.5. The molecule has 1 aliphatic rings. The molecule has 5 heteroatoms. The van der Waals surface area contributed by atoms with Crippen LogP contribution in [0.25, 0.3) is 0 Å². The lowest BCUT2D eigenvalue weighted by atomic mass is 10.1. The third kappa shape index (κ3) is 2.02. The third-order valence-electron chi connectivity index (χ3n) is 1.79. The van der Waals surface area contributed by atoms with Crippen molar-refractivity contribution in [1.82, 2.24) is 0 Å². The van der Waals surface area contributed by atoms with E-state index in [0.29, 0.717) is 12.8 Å². The van der Waals surface area contributed by atoms with E-state index in [2.05, 4.69) is 4.74 Å². The van der Waals surface area contributed by atoms with Crippen LogP contribution in [0.15, 0.2) is 0 Å². The maximum absolute atomic E-state index is 12.9. The van der Waals surface area contributed by atoms with Crippen LogP contribution in [0.2, 0.25) is 0 Å². The lowest BCUT2D eigenvalue weighted by molar-refractivity contribution is -0.177. The molecule has 0 unspecified atom stereocenters. The zero-order valence-corrected chi connectivity index (χ0v) is 7.18. The summed E-state index contributed by atoms with van der Waals surface area (Å²) >= 11 is 0. The standard InChI is InChI=1S/C8H10F2O3/c1-2-13-7(12)8(9,10)6(11)5-3-4-5/h5H,2-4H2,1H3. The van der Waals surface area contributed by atoms with Gasteiger partial charge in [-0.2, -0.15) is 8.78 Å². The van der Waals surface area contributed by atoms with Crippen LogP contribution >= 0.6 is 0 Å². The minimum absolute atomic E-state index is 0.146. The molecule has 0 bridgehead atoms. The van der Waals surface area contributed by atoms with E-state index in [0.717, 1.165) is 0 Å². The molecule has 1 fully saturated rings. The fraction of sp³-hybridized carbons (Fsp3) is 0.750. The average Bonchev–Trinajstić information content (AvgIpc) is 2.86. The molecule has 74 valence electrons. The van der Waals surface area contributed by atoms with Crippen molar-refractivity contribution >= 4 is 11.8 Å². The van der Waals surface area contributed by atoms with Gasteiger partial charge < -0.3 is 4.74 Å². The van der Waals surface area contributed by atoms with Crippen LogP contribution < -0.4 is 0 Å². The van der Waals surface area contributed by atoms with Gasteiger partial charge in [0.1, 0.15) is 0 Å². The summed E-state index contributed by atoms with van der Waals surface area (Å²) in [7, 11) is 0. The molecule has 1 saturated carbocycles. The van der Waals surface area contributed by atoms with Crippen molar-refractivity contribution < 1.29 is 23.1 Å². The van der Waals surface area contributed by atoms with Crippen LogP contribution in [0, 0.1) is 5.92 Å². The molecule has 0 heterocycles. The van der Waals surface area contributed by atoms with Crippen molar-refractivity contribution in [1.29, 1.82) is 0 Å². The summed E-state index contributed by atoms with van der Waals surface area (Å²) in [6, 6.07) is 0. The topological polar surface area (TPSA) is 43.4 Å². The third-order valence-corrected chi connectivity index (χ3v) is 1.79. The number of Topliss-reactive ketones (excluding diaryl/α,β-unsaturated/α-hetero) is 1. The summed E-state index contributed by atoms with van der Waals surface area (Å²) in [6.07, 6.45) is 0.904. The first kappa shape index (κ1) is 10.1. The number of hydrogen-bond donors (Lipinski definition) is 0. The van der Waals surface area contributed by atoms with Gasteiger partial charge >= 0.3 is 11.9 Å². The number of carbonyl (C=O) groups excluding carboxylic acids is 2. The number of rotatable bonds is 4. The number of ether oxygens (including phenoxy) is 1. The summed E-state index contributed by atoms with van der Waals surface area (Å²) in [6.45, 7) is 1.27. The zero-order valence-electron chi connectivity index (χ0n) is 7.18. The van der Waals surface area contributed by atoms with Crippen LogP contribution in [-0.2, 0) is 14.3 Å². The summed E-state index contributed by atoms with van der Waals surface area (Å²) in [5.41, 5.74) is 0. The van der Waals surface area contributed by atoms with E-state index in [1.165, 1.54) is 6.92 Å². The Bertz CT molecular complexity index is 234. The van der Waals surface area contributed by atoms with Crippen molar-refractivity contribution in [2.24, 2.45) is 5.92 Å². The fourth-order valence-corrected chi connectivity index (χ4v) is 0.924. The van der Waals surface area contributed by atoms with Crippen LogP contribution in [0.1, 0.15) is 19.8 Å². The van der Waals surface area contributed by atoms with Gasteiger partial charge in [0.05, 0.1) is 6.61 Å². The Balaban J connectivity index is 2.62. The van der Waals surface area contributed by atoms with E-state index in [-0.39, 0.29) is 6.61 Å². The molecule has 1 rings (SSSR count). The Kier molecular flexibility index (Phi) is 2.63. The van der Waals surface area contributed by atoms with Crippen molar-refractivity contribution in [2.75, 3.05) is 6.61 Å². The van der Waals surface area contributed by atoms with Crippen molar-refractivity contribution in [3.05, 3.63) is 0 Å². The quantitative estimate of drug-likeness (QED) is 0.496. The summed E-state index contributed by atoms with van der Waals surface area (Å²) in [5.74, 6) is -7.62. The highest BCUT2D eigenvalue weighted by atomic mass is 19.3. The number of ketones is 1. The second-order valence-electron chi connectivity index (χ2n) is 2.93. The van der Waals surface area contributed by atoms with Gasteiger partial charge in [-0.3, -0.25) is 4.79 Å². The predicted octanol–water partition coefficient (Wildman–Crippen LogP) is 1.16. The normalized spacial score (nSPS) is 16.8. The summed E-state index contributed by atoms with van der Waals surface area (Å²) in [5, 5.41) is 0. The SMILES string of the molecule is CCOC(=O)C(F)(F)C(=O)C1CC1. The van der Waals surface area contributed by atoms with E-state index < -0.39 is 23.6 Å². The highest BCUT2D eigenvalue weighted by Gasteiger charge is 2.54. The Morgan fingerprint density at radius 3 is 2.38 bits per heavy atom. The monoisotopic (exact) mass is 192 g/mol. The number of esters is 1. The molecule has 0 N–H and O–H groups in total. The van der Waals surface area contributed by atoms with Gasteiger partial charge in [-0.15, -0.1) is 0 Å². The van der Waals surface area contributed by atoms with E-state index in [9.17, 15) is 18.4 Å². The Hall–Kier alpha value is -1.00. The Morgan fingerprint density at radius 1 is 1.46 bits per heavy atom. The van der Waals surface area contributed by atoms with Crippen molar-refractivity contribution in [2.45, 2.75) is 25.7 Å². The molecular formula is C8H10F2O3. The molecule has 0 aromatic rings. The first-order chi connectivity index (χ1) is 6.00. The van der Waals surface area contributed by atoms with Crippen molar-refractivity contribution in [3.63, 3.8) is 0 Å². The molecule has 0 amide bonds. The number of carbonyl (C=O) groups is 2. The molecule has 0 aromatic carbocycles. The highest BCUT2D eigenvalue weighted by Crippen LogP contribution is 2.36. The smallest absolute Gasteiger partial charge is 0.400 e. The highest BCUT2D eigenvalue weighted by molar-refractivity contribution is 6.07. The maximum atomic E-state index is 12.9. The molecule has 3 nitrogen and oxygen atoms in total. The second kappa shape index (κ2) is 3.40. The molecule has 0 radical (unpaired) electrons. The molecule has 0 aliphatic heterocycles. The predicted molar refractivity (Wildman–Crippen MR) is 39.3 cm³/mol. The molecule has 0 spiro atoms. The van der Waals surface area contributed by atoms with Gasteiger partial charge in [-0.05, 0) is 19.8 Å². The van der Waals surface area contributed by atoms with Crippen LogP contribution in [0.5, 0.6) is 0 Å². The first-order valence-corrected chi connectivity index (χ1v) is 4.09. The van der Waals surface area contributed by atoms with Gasteiger partial charge in [0.25, 0.3) is 0 Å². The first-order valence-electron chi connectivity index (χ1n) is 4.09. The van der Waals surface area contributed by atoms with Gasteiger partial charge in [-0.25, -0.2) is 4.79 Å². The molecule has 0 atom stereocenters. The van der Waals surface area contributed by atoms with E-state index in [1.54, 1.807) is 0 Å². The van der Waals surface area contributed by atoms with Crippen LogP contribution in [0.4, 0.5) is 8.78 Å². The van der Waals surface area contributed by atoms with E-state index in [1.807, 2.05) is 0 Å². The van der Waals surface area contributed by atoms with Gasteiger partial charge in [0.2, 0.25) is 5.78 Å². The number of hydrogen-bond acceptors (Lipinski definition) is 3. The lowest BCUT2D eigenvalue weighted by Gasteiger charge is -2.12. The average molecular weight is 192 g/mol. The molecule has 0 aromatic heterocycles. The van der Waals surface area contributed by atoms with E-state index >= 15 is 0 Å². The van der Waals surface area contributed by atoms with Crippen LogP contribution in [-0.4, -0.2) is 24.3 Å². The summed E-state index contributed by atoms with van der Waals surface area (Å²) < 4.78 is 29.8. The van der Waals surface area contributed by atoms with Crippen LogP contribution in [0.3, 0.4) is 0 Å². The van der Waals surface area contributed by atoms with Gasteiger partial charge in [0, 0.05) is 5.92 Å². The van der Waals surface area contributed by atoms with E-state index in [4.69, 9.17) is 0 Å². The largest absolute Gasteiger partial charge is 0.461 e. The molecule has 13 heavy (non-hydrogen) atoms. The number of halogens is 2. The van der Waals surface area contributed by atoms with Gasteiger partial charge in [0.15, 0.2) is 0 Å². The minimum atomic E-state index is -3.95. The lowest BCUT2D eigenvalue weighted by Crippen LogP contribution is -2.40. The van der Waals surface area contributed by atoms with Crippen molar-refractivity contribution in [3.8, 4) is 0 Å². The second-order valence-corrected chi connectivity index (χ2v) is 2.93. The Labute approximate surface area is 74.1 Å². The zero-order chi connectivity index (χ0) is 10.1. The maximum Gasteiger partial charge on any atom is 0.400 e. The Morgan fingerprint density at radius 2 is 2.00 bits per heavy atom. The fourth-order valence-electron chi connectivity index (χ4n) is 0.924. The molecule has 1 aliphatic carbocycles. The minimum Gasteiger partial charge on any atom is -0.461 e. The molecular weight excluding hydrogens is 182 g/mol. The number of alkyl halides is 2. The molecule has 0 saturated heterocycles.